The normalized spacial score (nSPS) is 12.7. The summed E-state index contributed by atoms with van der Waals surface area (Å²) in [5.41, 5.74) is 6.83. The quantitative estimate of drug-likeness (QED) is 0.767. The lowest BCUT2D eigenvalue weighted by atomic mass is 10.1. The van der Waals surface area contributed by atoms with Crippen LogP contribution in [0.2, 0.25) is 0 Å². The van der Waals surface area contributed by atoms with Crippen molar-refractivity contribution in [1.29, 1.82) is 5.26 Å². The summed E-state index contributed by atoms with van der Waals surface area (Å²) in [6, 6.07) is 6.99. The van der Waals surface area contributed by atoms with Gasteiger partial charge in [-0.05, 0) is 39.1 Å². The van der Waals surface area contributed by atoms with E-state index < -0.39 is 10.0 Å². The Morgan fingerprint density at radius 1 is 1.50 bits per heavy atom. The molecule has 0 radical (unpaired) electrons. The number of nitriles is 1. The van der Waals surface area contributed by atoms with Crippen molar-refractivity contribution in [1.82, 2.24) is 4.72 Å². The molecule has 6 nitrogen and oxygen atoms in total. The molecule has 0 aromatic heterocycles. The van der Waals surface area contributed by atoms with Gasteiger partial charge in [-0.1, -0.05) is 0 Å². The van der Waals surface area contributed by atoms with Gasteiger partial charge >= 0.3 is 0 Å². The van der Waals surface area contributed by atoms with Gasteiger partial charge in [-0.3, -0.25) is 0 Å². The maximum Gasteiger partial charge on any atom is 0.242 e. The van der Waals surface area contributed by atoms with Gasteiger partial charge < -0.3 is 10.6 Å². The van der Waals surface area contributed by atoms with E-state index in [0.29, 0.717) is 13.1 Å². The van der Waals surface area contributed by atoms with E-state index in [4.69, 9.17) is 11.0 Å². The predicted molar refractivity (Wildman–Crippen MR) is 79.8 cm³/mol. The fourth-order valence-electron chi connectivity index (χ4n) is 1.88. The average molecular weight is 296 g/mol. The topological polar surface area (TPSA) is 99.2 Å². The molecule has 0 bridgehead atoms. The zero-order chi connectivity index (χ0) is 15.3. The molecule has 0 fully saturated rings. The predicted octanol–water partition coefficient (Wildman–Crippen LogP) is 1.16. The van der Waals surface area contributed by atoms with E-state index in [-0.39, 0.29) is 16.5 Å². The molecule has 0 saturated carbocycles. The van der Waals surface area contributed by atoms with Crippen LogP contribution in [-0.2, 0) is 10.0 Å². The Hall–Kier alpha value is -1.78. The lowest BCUT2D eigenvalue weighted by Crippen LogP contribution is -2.28. The van der Waals surface area contributed by atoms with Gasteiger partial charge in [0.05, 0.1) is 17.7 Å². The number of benzene rings is 1. The Morgan fingerprint density at radius 2 is 2.15 bits per heavy atom. The van der Waals surface area contributed by atoms with Crippen LogP contribution < -0.4 is 15.4 Å². The van der Waals surface area contributed by atoms with E-state index in [1.165, 1.54) is 13.1 Å². The minimum Gasteiger partial charge on any atom is -0.398 e. The number of anilines is 2. The standard InChI is InChI=1S/C13H20N4O2S/c1-4-17(9-10(2)8-14)11-5-6-13(12(15)7-11)20(18,19)16-3/h5-7,10,16H,4,9,15H2,1-3H3. The fraction of sp³-hybridized carbons (Fsp3) is 0.462. The number of hydrogen-bond acceptors (Lipinski definition) is 5. The number of sulfonamides is 1. The molecule has 1 rings (SSSR count). The maximum absolute atomic E-state index is 11.7. The Bertz CT molecular complexity index is 607. The van der Waals surface area contributed by atoms with Gasteiger partial charge in [-0.15, -0.1) is 0 Å². The highest BCUT2D eigenvalue weighted by Gasteiger charge is 2.17. The molecule has 0 aliphatic rings. The first-order valence-electron chi connectivity index (χ1n) is 6.33. The molecule has 0 aliphatic carbocycles. The number of nitrogen functional groups attached to an aromatic ring is 1. The maximum atomic E-state index is 11.7. The van der Waals surface area contributed by atoms with Crippen molar-refractivity contribution in [2.75, 3.05) is 30.8 Å². The highest BCUT2D eigenvalue weighted by molar-refractivity contribution is 7.89. The van der Waals surface area contributed by atoms with Crippen molar-refractivity contribution in [3.05, 3.63) is 18.2 Å². The molecule has 0 aliphatic heterocycles. The van der Waals surface area contributed by atoms with Gasteiger partial charge in [0, 0.05) is 18.8 Å². The lowest BCUT2D eigenvalue weighted by Gasteiger charge is -2.25. The minimum absolute atomic E-state index is 0.0631. The highest BCUT2D eigenvalue weighted by atomic mass is 32.2. The fourth-order valence-corrected chi connectivity index (χ4v) is 2.71. The molecule has 20 heavy (non-hydrogen) atoms. The molecule has 0 amide bonds. The first kappa shape index (κ1) is 16.3. The van der Waals surface area contributed by atoms with Crippen molar-refractivity contribution in [2.24, 2.45) is 5.92 Å². The third-order valence-electron chi connectivity index (χ3n) is 3.01. The zero-order valence-electron chi connectivity index (χ0n) is 11.9. The van der Waals surface area contributed by atoms with Crippen molar-refractivity contribution in [3.8, 4) is 6.07 Å². The molecule has 3 N–H and O–H groups in total. The summed E-state index contributed by atoms with van der Waals surface area (Å²) in [6.07, 6.45) is 0. The molecular formula is C13H20N4O2S. The Morgan fingerprint density at radius 3 is 2.60 bits per heavy atom. The molecule has 1 aromatic carbocycles. The van der Waals surface area contributed by atoms with Crippen molar-refractivity contribution < 1.29 is 8.42 Å². The van der Waals surface area contributed by atoms with E-state index in [1.807, 2.05) is 18.7 Å². The van der Waals surface area contributed by atoms with E-state index in [9.17, 15) is 8.42 Å². The van der Waals surface area contributed by atoms with Crippen LogP contribution in [0.5, 0.6) is 0 Å². The number of rotatable bonds is 6. The lowest BCUT2D eigenvalue weighted by molar-refractivity contribution is 0.588. The van der Waals surface area contributed by atoms with Gasteiger partial charge in [-0.2, -0.15) is 5.26 Å². The van der Waals surface area contributed by atoms with Crippen molar-refractivity contribution >= 4 is 21.4 Å². The minimum atomic E-state index is -3.55. The van der Waals surface area contributed by atoms with Crippen LogP contribution in [0, 0.1) is 17.2 Å². The Balaban J connectivity index is 3.11. The highest BCUT2D eigenvalue weighted by Crippen LogP contribution is 2.25. The van der Waals surface area contributed by atoms with Gasteiger partial charge in [0.25, 0.3) is 0 Å². The Kier molecular flexibility index (Phi) is 5.36. The van der Waals surface area contributed by atoms with Crippen LogP contribution in [0.25, 0.3) is 0 Å². The molecule has 1 unspecified atom stereocenters. The third kappa shape index (κ3) is 3.62. The second-order valence-corrected chi connectivity index (χ2v) is 6.35. The van der Waals surface area contributed by atoms with E-state index >= 15 is 0 Å². The van der Waals surface area contributed by atoms with Gasteiger partial charge in [0.1, 0.15) is 4.90 Å². The first-order valence-corrected chi connectivity index (χ1v) is 7.81. The summed E-state index contributed by atoms with van der Waals surface area (Å²) in [7, 11) is -2.21. The summed E-state index contributed by atoms with van der Waals surface area (Å²) in [5, 5.41) is 8.87. The molecule has 1 aromatic rings. The SMILES string of the molecule is CCN(CC(C)C#N)c1ccc(S(=O)(=O)NC)c(N)c1. The van der Waals surface area contributed by atoms with Crippen LogP contribution in [0.3, 0.4) is 0 Å². The molecule has 1 atom stereocenters. The monoisotopic (exact) mass is 296 g/mol. The van der Waals surface area contributed by atoms with Crippen LogP contribution in [0.4, 0.5) is 11.4 Å². The van der Waals surface area contributed by atoms with Crippen LogP contribution in [-0.4, -0.2) is 28.6 Å². The summed E-state index contributed by atoms with van der Waals surface area (Å²) in [5.74, 6) is -0.114. The van der Waals surface area contributed by atoms with Gasteiger partial charge in [0.15, 0.2) is 0 Å². The zero-order valence-corrected chi connectivity index (χ0v) is 12.7. The smallest absolute Gasteiger partial charge is 0.242 e. The van der Waals surface area contributed by atoms with Crippen molar-refractivity contribution in [3.63, 3.8) is 0 Å². The largest absolute Gasteiger partial charge is 0.398 e. The number of nitrogens with two attached hydrogens (primary N) is 1. The third-order valence-corrected chi connectivity index (χ3v) is 4.50. The molecule has 110 valence electrons. The molecule has 7 heteroatoms. The van der Waals surface area contributed by atoms with Gasteiger partial charge in [0.2, 0.25) is 10.0 Å². The number of hydrogen-bond donors (Lipinski definition) is 2. The number of nitrogens with zero attached hydrogens (tertiary/aromatic N) is 2. The number of nitrogens with one attached hydrogen (secondary N) is 1. The molecule has 0 heterocycles. The van der Waals surface area contributed by atoms with Crippen LogP contribution >= 0.6 is 0 Å². The second kappa shape index (κ2) is 6.59. The summed E-state index contributed by atoms with van der Waals surface area (Å²) in [6.45, 7) is 5.10. The molecular weight excluding hydrogens is 276 g/mol. The van der Waals surface area contributed by atoms with E-state index in [2.05, 4.69) is 10.8 Å². The van der Waals surface area contributed by atoms with Crippen LogP contribution in [0.15, 0.2) is 23.1 Å². The molecule has 0 spiro atoms. The van der Waals surface area contributed by atoms with Crippen molar-refractivity contribution in [2.45, 2.75) is 18.7 Å². The van der Waals surface area contributed by atoms with Crippen LogP contribution in [0.1, 0.15) is 13.8 Å². The first-order chi connectivity index (χ1) is 9.35. The average Bonchev–Trinajstić information content (AvgIpc) is 2.43. The van der Waals surface area contributed by atoms with Gasteiger partial charge in [-0.25, -0.2) is 13.1 Å². The molecule has 0 saturated heterocycles. The van der Waals surface area contributed by atoms with E-state index in [0.717, 1.165) is 5.69 Å². The summed E-state index contributed by atoms with van der Waals surface area (Å²) >= 11 is 0. The second-order valence-electron chi connectivity index (χ2n) is 4.50. The summed E-state index contributed by atoms with van der Waals surface area (Å²) < 4.78 is 25.7. The Labute approximate surface area is 120 Å². The van der Waals surface area contributed by atoms with E-state index in [1.54, 1.807) is 12.1 Å². The summed E-state index contributed by atoms with van der Waals surface area (Å²) in [4.78, 5) is 2.05.